The molecule has 0 aromatic rings. The molecule has 0 aromatic carbocycles. The van der Waals surface area contributed by atoms with E-state index in [1.807, 2.05) is 0 Å². The summed E-state index contributed by atoms with van der Waals surface area (Å²) >= 11 is 5.74. The van der Waals surface area contributed by atoms with Crippen molar-refractivity contribution in [2.45, 2.75) is 17.8 Å². The fraction of sp³-hybridized carbons (Fsp3) is 0.833. The molecule has 0 unspecified atom stereocenters. The second-order valence-electron chi connectivity index (χ2n) is 2.32. The summed E-state index contributed by atoms with van der Waals surface area (Å²) in [6.45, 7) is 0.696. The van der Waals surface area contributed by atoms with Crippen molar-refractivity contribution < 1.29 is 9.53 Å². The predicted molar refractivity (Wildman–Crippen MR) is 45.3 cm³/mol. The number of halogens is 2. The Balaban J connectivity index is 0.000001000. The van der Waals surface area contributed by atoms with Crippen molar-refractivity contribution in [2.75, 3.05) is 13.7 Å². The second-order valence-corrected chi connectivity index (χ2v) is 2.93. The standard InChI is InChI=1S/C6H10ClNO2.ClH/c1-10-6(9)5-2-4(7)3-8-5;/h4-5,8H,2-3H2,1H3;1H/t4-,5+;/m1./s1. The van der Waals surface area contributed by atoms with Crippen LogP contribution in [0.15, 0.2) is 0 Å². The number of methoxy groups -OCH3 is 1. The van der Waals surface area contributed by atoms with Gasteiger partial charge in [-0.1, -0.05) is 0 Å². The summed E-state index contributed by atoms with van der Waals surface area (Å²) in [6, 6.07) is -0.188. The van der Waals surface area contributed by atoms with Gasteiger partial charge in [0.05, 0.1) is 7.11 Å². The minimum atomic E-state index is -0.219. The third kappa shape index (κ3) is 2.85. The van der Waals surface area contributed by atoms with E-state index in [0.717, 1.165) is 0 Å². The average Bonchev–Trinajstić information content (AvgIpc) is 2.34. The fourth-order valence-electron chi connectivity index (χ4n) is 1.01. The average molecular weight is 200 g/mol. The zero-order valence-electron chi connectivity index (χ0n) is 6.17. The molecule has 1 heterocycles. The van der Waals surface area contributed by atoms with Crippen molar-refractivity contribution in [1.29, 1.82) is 0 Å². The molecular formula is C6H11Cl2NO2. The number of ether oxygens (including phenoxy) is 1. The molecule has 1 rings (SSSR count). The van der Waals surface area contributed by atoms with E-state index in [-0.39, 0.29) is 29.8 Å². The van der Waals surface area contributed by atoms with Gasteiger partial charge in [-0.25, -0.2) is 0 Å². The van der Waals surface area contributed by atoms with Crippen LogP contribution in [0.5, 0.6) is 0 Å². The van der Waals surface area contributed by atoms with E-state index in [9.17, 15) is 4.79 Å². The van der Waals surface area contributed by atoms with Crippen LogP contribution in [-0.4, -0.2) is 31.0 Å². The van der Waals surface area contributed by atoms with Gasteiger partial charge >= 0.3 is 5.97 Å². The quantitative estimate of drug-likeness (QED) is 0.496. The minimum Gasteiger partial charge on any atom is -0.468 e. The highest BCUT2D eigenvalue weighted by atomic mass is 35.5. The van der Waals surface area contributed by atoms with Crippen LogP contribution in [-0.2, 0) is 9.53 Å². The highest BCUT2D eigenvalue weighted by molar-refractivity contribution is 6.21. The van der Waals surface area contributed by atoms with Gasteiger partial charge in [0.2, 0.25) is 0 Å². The summed E-state index contributed by atoms with van der Waals surface area (Å²) < 4.78 is 4.52. The van der Waals surface area contributed by atoms with Crippen LogP contribution in [0.1, 0.15) is 6.42 Å². The topological polar surface area (TPSA) is 38.3 Å². The summed E-state index contributed by atoms with van der Waals surface area (Å²) in [5.41, 5.74) is 0. The summed E-state index contributed by atoms with van der Waals surface area (Å²) in [6.07, 6.45) is 0.675. The summed E-state index contributed by atoms with van der Waals surface area (Å²) in [7, 11) is 1.38. The van der Waals surface area contributed by atoms with E-state index in [2.05, 4.69) is 10.1 Å². The van der Waals surface area contributed by atoms with Crippen LogP contribution in [0.25, 0.3) is 0 Å². The molecule has 11 heavy (non-hydrogen) atoms. The van der Waals surface area contributed by atoms with Crippen molar-refractivity contribution in [3.05, 3.63) is 0 Å². The summed E-state index contributed by atoms with van der Waals surface area (Å²) in [5, 5.41) is 3.02. The highest BCUT2D eigenvalue weighted by Gasteiger charge is 2.28. The predicted octanol–water partition coefficient (Wildman–Crippen LogP) is 0.550. The molecule has 1 aliphatic heterocycles. The first-order valence-corrected chi connectivity index (χ1v) is 3.63. The molecule has 0 radical (unpaired) electrons. The number of carbonyl (C=O) groups is 1. The lowest BCUT2D eigenvalue weighted by molar-refractivity contribution is -0.142. The number of hydrogen-bond acceptors (Lipinski definition) is 3. The normalized spacial score (nSPS) is 29.3. The lowest BCUT2D eigenvalue weighted by Gasteiger charge is -2.05. The van der Waals surface area contributed by atoms with Crippen LogP contribution in [0.3, 0.4) is 0 Å². The third-order valence-corrected chi connectivity index (χ3v) is 1.90. The molecule has 2 atom stereocenters. The molecule has 5 heteroatoms. The molecule has 0 spiro atoms. The molecule has 3 nitrogen and oxygen atoms in total. The number of alkyl halides is 1. The lowest BCUT2D eigenvalue weighted by Crippen LogP contribution is -2.31. The number of nitrogens with one attached hydrogen (secondary N) is 1. The van der Waals surface area contributed by atoms with Gasteiger partial charge in [0.1, 0.15) is 6.04 Å². The number of carbonyl (C=O) groups excluding carboxylic acids is 1. The Morgan fingerprint density at radius 1 is 1.73 bits per heavy atom. The van der Waals surface area contributed by atoms with Crippen LogP contribution in [0.2, 0.25) is 0 Å². The number of hydrogen-bond donors (Lipinski definition) is 1. The van der Waals surface area contributed by atoms with Crippen LogP contribution < -0.4 is 5.32 Å². The maximum atomic E-state index is 10.8. The Morgan fingerprint density at radius 3 is 2.73 bits per heavy atom. The molecule has 1 saturated heterocycles. The largest absolute Gasteiger partial charge is 0.468 e. The maximum Gasteiger partial charge on any atom is 0.322 e. The number of rotatable bonds is 1. The van der Waals surface area contributed by atoms with Gasteiger partial charge in [-0.3, -0.25) is 4.79 Å². The van der Waals surface area contributed by atoms with Gasteiger partial charge in [-0.2, -0.15) is 0 Å². The van der Waals surface area contributed by atoms with E-state index < -0.39 is 0 Å². The maximum absolute atomic E-state index is 10.8. The minimum absolute atomic E-state index is 0. The van der Waals surface area contributed by atoms with E-state index in [4.69, 9.17) is 11.6 Å². The van der Waals surface area contributed by atoms with Crippen molar-refractivity contribution in [1.82, 2.24) is 5.32 Å². The van der Waals surface area contributed by atoms with Crippen molar-refractivity contribution in [2.24, 2.45) is 0 Å². The highest BCUT2D eigenvalue weighted by Crippen LogP contribution is 2.12. The smallest absolute Gasteiger partial charge is 0.322 e. The van der Waals surface area contributed by atoms with Gasteiger partial charge in [-0.05, 0) is 6.42 Å². The van der Waals surface area contributed by atoms with Gasteiger partial charge in [0.15, 0.2) is 0 Å². The van der Waals surface area contributed by atoms with Gasteiger partial charge in [0, 0.05) is 11.9 Å². The first-order chi connectivity index (χ1) is 4.74. The Bertz CT molecular complexity index is 143. The second kappa shape index (κ2) is 4.80. The summed E-state index contributed by atoms with van der Waals surface area (Å²) in [4.78, 5) is 10.8. The molecule has 0 amide bonds. The fourth-order valence-corrected chi connectivity index (χ4v) is 1.28. The Morgan fingerprint density at radius 2 is 2.36 bits per heavy atom. The zero-order valence-corrected chi connectivity index (χ0v) is 7.74. The van der Waals surface area contributed by atoms with Gasteiger partial charge in [0.25, 0.3) is 0 Å². The lowest BCUT2D eigenvalue weighted by atomic mass is 10.2. The molecule has 1 fully saturated rings. The molecule has 1 aliphatic rings. The van der Waals surface area contributed by atoms with E-state index in [1.54, 1.807) is 0 Å². The Labute approximate surface area is 76.8 Å². The SMILES string of the molecule is COC(=O)[C@@H]1C[C@@H](Cl)CN1.Cl. The van der Waals surface area contributed by atoms with Crippen LogP contribution >= 0.6 is 24.0 Å². The molecule has 0 saturated carbocycles. The molecule has 66 valence electrons. The molecule has 0 aromatic heterocycles. The van der Waals surface area contributed by atoms with Gasteiger partial charge < -0.3 is 10.1 Å². The monoisotopic (exact) mass is 199 g/mol. The molecule has 1 N–H and O–H groups in total. The number of esters is 1. The first kappa shape index (κ1) is 11.0. The Hall–Kier alpha value is 0.01000. The van der Waals surface area contributed by atoms with Crippen molar-refractivity contribution in [3.8, 4) is 0 Å². The van der Waals surface area contributed by atoms with Crippen LogP contribution in [0, 0.1) is 0 Å². The Kier molecular flexibility index (Phi) is 4.81. The molecule has 0 bridgehead atoms. The third-order valence-electron chi connectivity index (χ3n) is 1.56. The van der Waals surface area contributed by atoms with Crippen molar-refractivity contribution in [3.63, 3.8) is 0 Å². The van der Waals surface area contributed by atoms with Crippen LogP contribution in [0.4, 0.5) is 0 Å². The molecular weight excluding hydrogens is 189 g/mol. The van der Waals surface area contributed by atoms with E-state index >= 15 is 0 Å². The van der Waals surface area contributed by atoms with E-state index in [0.29, 0.717) is 13.0 Å². The van der Waals surface area contributed by atoms with Crippen molar-refractivity contribution >= 4 is 30.0 Å². The summed E-state index contributed by atoms with van der Waals surface area (Å²) in [5.74, 6) is -0.219. The van der Waals surface area contributed by atoms with Gasteiger partial charge in [-0.15, -0.1) is 24.0 Å². The first-order valence-electron chi connectivity index (χ1n) is 3.19. The molecule has 0 aliphatic carbocycles. The zero-order chi connectivity index (χ0) is 7.56. The van der Waals surface area contributed by atoms with E-state index in [1.165, 1.54) is 7.11 Å².